The van der Waals surface area contributed by atoms with Crippen LogP contribution in [-0.4, -0.2) is 59.5 Å². The van der Waals surface area contributed by atoms with Gasteiger partial charge in [-0.2, -0.15) is 4.98 Å². The Morgan fingerprint density at radius 3 is 2.66 bits per heavy atom. The van der Waals surface area contributed by atoms with Gasteiger partial charge in [0.2, 0.25) is 0 Å². The van der Waals surface area contributed by atoms with Crippen LogP contribution in [0.5, 0.6) is 11.8 Å². The topological polar surface area (TPSA) is 125 Å². The molecule has 0 spiro atoms. The molecule has 0 amide bonds. The van der Waals surface area contributed by atoms with Gasteiger partial charge in [-0.1, -0.05) is 17.7 Å². The third kappa shape index (κ3) is 4.97. The van der Waals surface area contributed by atoms with Crippen LogP contribution in [0.1, 0.15) is 28.8 Å². The predicted molar refractivity (Wildman–Crippen MR) is 122 cm³/mol. The number of aryl methyl sites for hydroxylation is 1. The number of nitrogens with zero attached hydrogens (tertiary/aromatic N) is 3. The Bertz CT molecular complexity index is 1280. The van der Waals surface area contributed by atoms with E-state index < -0.39 is 15.8 Å². The average molecular weight is 479 g/mol. The lowest BCUT2D eigenvalue weighted by molar-refractivity contribution is 0.0695. The van der Waals surface area contributed by atoms with Crippen LogP contribution in [0.15, 0.2) is 24.3 Å². The van der Waals surface area contributed by atoms with E-state index in [4.69, 9.17) is 16.3 Å². The van der Waals surface area contributed by atoms with E-state index in [1.165, 1.54) is 12.3 Å². The van der Waals surface area contributed by atoms with Crippen LogP contribution in [0.25, 0.3) is 11.2 Å². The van der Waals surface area contributed by atoms with Gasteiger partial charge in [0.25, 0.3) is 0 Å². The number of fused-ring (bicyclic) bond motifs is 1. The Morgan fingerprint density at radius 1 is 1.28 bits per heavy atom. The molecule has 0 radical (unpaired) electrons. The molecule has 0 unspecified atom stereocenters. The van der Waals surface area contributed by atoms with Gasteiger partial charge >= 0.3 is 12.0 Å². The molecule has 0 aliphatic carbocycles. The fourth-order valence-corrected chi connectivity index (χ4v) is 5.36. The summed E-state index contributed by atoms with van der Waals surface area (Å²) in [4.78, 5) is 25.3. The third-order valence-electron chi connectivity index (χ3n) is 5.49. The molecule has 4 rings (SSSR count). The summed E-state index contributed by atoms with van der Waals surface area (Å²) in [5, 5.41) is 9.75. The quantitative estimate of drug-likeness (QED) is 0.549. The first-order valence-electron chi connectivity index (χ1n) is 10.1. The van der Waals surface area contributed by atoms with Crippen molar-refractivity contribution in [2.75, 3.05) is 30.0 Å². The number of benzene rings is 1. The summed E-state index contributed by atoms with van der Waals surface area (Å²) in [6, 6.07) is 6.67. The fraction of sp³-hybridized carbons (Fsp3) is 0.381. The summed E-state index contributed by atoms with van der Waals surface area (Å²) in [5.74, 6) is 0.240. The minimum atomic E-state index is -3.00. The predicted octanol–water partition coefficient (Wildman–Crippen LogP) is 3.67. The van der Waals surface area contributed by atoms with E-state index in [1.807, 2.05) is 4.90 Å². The number of ether oxygens (including phenoxy) is 1. The molecule has 2 aromatic heterocycles. The zero-order chi connectivity index (χ0) is 23.0. The van der Waals surface area contributed by atoms with Crippen molar-refractivity contribution < 1.29 is 23.1 Å². The van der Waals surface area contributed by atoms with Crippen molar-refractivity contribution in [1.82, 2.24) is 15.0 Å². The van der Waals surface area contributed by atoms with Gasteiger partial charge in [0, 0.05) is 19.3 Å². The number of anilines is 1. The number of aromatic amines is 1. The Balaban J connectivity index is 1.53. The van der Waals surface area contributed by atoms with Crippen LogP contribution < -0.4 is 9.64 Å². The van der Waals surface area contributed by atoms with Crippen molar-refractivity contribution in [3.8, 4) is 11.8 Å². The molecule has 3 heterocycles. The number of aromatic carboxylic acids is 1. The number of H-pyrrole nitrogens is 1. The minimum Gasteiger partial charge on any atom is -0.478 e. The molecule has 1 aliphatic heterocycles. The van der Waals surface area contributed by atoms with Gasteiger partial charge in [-0.3, -0.25) is 0 Å². The first kappa shape index (κ1) is 22.3. The van der Waals surface area contributed by atoms with Crippen LogP contribution in [0.3, 0.4) is 0 Å². The standard InChI is InChI=1S/C21H23ClN4O5S/c1-12-3-4-14(9-15(12)20(27)28)31-21-23-17-10-16(22)19(24-18(17)25-21)26-7-5-13(6-8-26)11-32(2,29)30/h3-4,9-10,13H,5-8,11H2,1-2H3,(H,27,28)(H,23,24,25). The summed E-state index contributed by atoms with van der Waals surface area (Å²) >= 11 is 6.47. The molecule has 0 saturated carbocycles. The number of halogens is 1. The van der Waals surface area contributed by atoms with E-state index in [2.05, 4.69) is 15.0 Å². The van der Waals surface area contributed by atoms with Crippen molar-refractivity contribution in [3.05, 3.63) is 40.4 Å². The highest BCUT2D eigenvalue weighted by Gasteiger charge is 2.25. The molecule has 11 heteroatoms. The highest BCUT2D eigenvalue weighted by Crippen LogP contribution is 2.32. The average Bonchev–Trinajstić information content (AvgIpc) is 3.09. The van der Waals surface area contributed by atoms with Gasteiger partial charge in [0.15, 0.2) is 5.65 Å². The fourth-order valence-electron chi connectivity index (χ4n) is 3.90. The summed E-state index contributed by atoms with van der Waals surface area (Å²) in [5.41, 5.74) is 1.80. The molecule has 1 aliphatic rings. The monoisotopic (exact) mass is 478 g/mol. The number of carboxylic acid groups (broad SMARTS) is 1. The van der Waals surface area contributed by atoms with Crippen molar-refractivity contribution in [2.24, 2.45) is 5.92 Å². The van der Waals surface area contributed by atoms with Crippen LogP contribution >= 0.6 is 11.6 Å². The third-order valence-corrected chi connectivity index (χ3v) is 6.85. The van der Waals surface area contributed by atoms with E-state index >= 15 is 0 Å². The maximum atomic E-state index is 11.6. The van der Waals surface area contributed by atoms with Crippen LogP contribution in [0, 0.1) is 12.8 Å². The SMILES string of the molecule is Cc1ccc(Oc2nc3nc(N4CCC(CS(C)(=O)=O)CC4)c(Cl)cc3[nH]2)cc1C(=O)O. The number of pyridine rings is 1. The molecule has 1 fully saturated rings. The van der Waals surface area contributed by atoms with Crippen LogP contribution in [-0.2, 0) is 9.84 Å². The first-order valence-corrected chi connectivity index (χ1v) is 12.5. The van der Waals surface area contributed by atoms with Crippen LogP contribution in [0.4, 0.5) is 5.82 Å². The minimum absolute atomic E-state index is 0.138. The Labute approximate surface area is 190 Å². The van der Waals surface area contributed by atoms with E-state index in [-0.39, 0.29) is 23.2 Å². The number of sulfone groups is 1. The molecule has 1 aromatic carbocycles. The lowest BCUT2D eigenvalue weighted by Crippen LogP contribution is -2.36. The second-order valence-corrected chi connectivity index (χ2v) is 10.7. The largest absolute Gasteiger partial charge is 0.478 e. The summed E-state index contributed by atoms with van der Waals surface area (Å²) in [7, 11) is -3.00. The smallest absolute Gasteiger partial charge is 0.336 e. The van der Waals surface area contributed by atoms with Crippen molar-refractivity contribution in [2.45, 2.75) is 19.8 Å². The molecular weight excluding hydrogens is 456 g/mol. The van der Waals surface area contributed by atoms with Gasteiger partial charge in [0.05, 0.1) is 21.9 Å². The van der Waals surface area contributed by atoms with Crippen molar-refractivity contribution >= 4 is 44.4 Å². The normalized spacial score (nSPS) is 15.3. The number of hydrogen-bond donors (Lipinski definition) is 2. The van der Waals surface area contributed by atoms with E-state index in [1.54, 1.807) is 25.1 Å². The highest BCUT2D eigenvalue weighted by atomic mass is 35.5. The first-order chi connectivity index (χ1) is 15.1. The zero-order valence-corrected chi connectivity index (χ0v) is 19.2. The molecule has 0 atom stereocenters. The number of carboxylic acids is 1. The zero-order valence-electron chi connectivity index (χ0n) is 17.6. The molecule has 2 N–H and O–H groups in total. The number of aromatic nitrogens is 3. The van der Waals surface area contributed by atoms with Crippen molar-refractivity contribution in [1.29, 1.82) is 0 Å². The van der Waals surface area contributed by atoms with Crippen LogP contribution in [0.2, 0.25) is 5.02 Å². The Hall–Kier alpha value is -2.85. The van der Waals surface area contributed by atoms with Crippen molar-refractivity contribution in [3.63, 3.8) is 0 Å². The number of hydrogen-bond acceptors (Lipinski definition) is 7. The molecule has 9 nitrogen and oxygen atoms in total. The Kier molecular flexibility index (Phi) is 6.00. The highest BCUT2D eigenvalue weighted by molar-refractivity contribution is 7.90. The molecule has 32 heavy (non-hydrogen) atoms. The number of piperidine rings is 1. The second kappa shape index (κ2) is 8.59. The maximum Gasteiger partial charge on any atom is 0.336 e. The summed E-state index contributed by atoms with van der Waals surface area (Å²) in [6.45, 7) is 3.03. The lowest BCUT2D eigenvalue weighted by Gasteiger charge is -2.32. The van der Waals surface area contributed by atoms with Gasteiger partial charge in [-0.15, -0.1) is 0 Å². The number of carbonyl (C=O) groups is 1. The maximum absolute atomic E-state index is 11.6. The number of rotatable bonds is 6. The van der Waals surface area contributed by atoms with Gasteiger partial charge in [-0.25, -0.2) is 18.2 Å². The summed E-state index contributed by atoms with van der Waals surface area (Å²) < 4.78 is 28.8. The molecule has 170 valence electrons. The van der Waals surface area contributed by atoms with Gasteiger partial charge < -0.3 is 19.7 Å². The second-order valence-electron chi connectivity index (χ2n) is 8.11. The number of imidazole rings is 1. The molecule has 1 saturated heterocycles. The van der Waals surface area contributed by atoms with E-state index in [0.29, 0.717) is 46.4 Å². The molecule has 0 bridgehead atoms. The number of nitrogens with one attached hydrogen (secondary N) is 1. The van der Waals surface area contributed by atoms with E-state index in [0.717, 1.165) is 12.8 Å². The molecule has 3 aromatic rings. The Morgan fingerprint density at radius 2 is 2.00 bits per heavy atom. The lowest BCUT2D eigenvalue weighted by atomic mass is 9.99. The van der Waals surface area contributed by atoms with E-state index in [9.17, 15) is 18.3 Å². The van der Waals surface area contributed by atoms with Gasteiger partial charge in [-0.05, 0) is 49.4 Å². The molecular formula is C21H23ClN4O5S. The summed E-state index contributed by atoms with van der Waals surface area (Å²) in [6.07, 6.45) is 2.76. The van der Waals surface area contributed by atoms with Gasteiger partial charge in [0.1, 0.15) is 21.4 Å².